The summed E-state index contributed by atoms with van der Waals surface area (Å²) in [6.07, 6.45) is 1.70. The average molecular weight is 173 g/mol. The molecule has 1 amide bonds. The maximum Gasteiger partial charge on any atom is 0.248 e. The molecule has 1 fully saturated rings. The molecule has 0 spiro atoms. The van der Waals surface area contributed by atoms with Crippen LogP contribution in [0.1, 0.15) is 12.8 Å². The van der Waals surface area contributed by atoms with E-state index in [2.05, 4.69) is 0 Å². The smallest absolute Gasteiger partial charge is 0.248 e. The van der Waals surface area contributed by atoms with Crippen molar-refractivity contribution >= 4 is 5.91 Å². The summed E-state index contributed by atoms with van der Waals surface area (Å²) in [5, 5.41) is 17.4. The van der Waals surface area contributed by atoms with Crippen molar-refractivity contribution in [2.75, 3.05) is 26.3 Å². The van der Waals surface area contributed by atoms with E-state index in [9.17, 15) is 4.79 Å². The van der Waals surface area contributed by atoms with E-state index >= 15 is 0 Å². The van der Waals surface area contributed by atoms with Crippen molar-refractivity contribution in [2.24, 2.45) is 5.92 Å². The standard InChI is InChI=1S/C8H15NO3/c10-5-7-1-3-9(4-2-7)8(12)6-11/h7,10-11H,1-6H2. The van der Waals surface area contributed by atoms with Crippen molar-refractivity contribution < 1.29 is 15.0 Å². The molecule has 0 aromatic carbocycles. The molecule has 4 nitrogen and oxygen atoms in total. The van der Waals surface area contributed by atoms with E-state index in [1.807, 2.05) is 0 Å². The number of amides is 1. The van der Waals surface area contributed by atoms with Crippen molar-refractivity contribution in [1.82, 2.24) is 4.90 Å². The van der Waals surface area contributed by atoms with Gasteiger partial charge in [-0.05, 0) is 18.8 Å². The molecule has 0 atom stereocenters. The number of piperidine rings is 1. The summed E-state index contributed by atoms with van der Waals surface area (Å²) in [6, 6.07) is 0. The van der Waals surface area contributed by atoms with Crippen LogP contribution in [0.2, 0.25) is 0 Å². The molecule has 0 bridgehead atoms. The van der Waals surface area contributed by atoms with Crippen LogP contribution < -0.4 is 0 Å². The normalized spacial score (nSPS) is 19.7. The Morgan fingerprint density at radius 3 is 2.33 bits per heavy atom. The van der Waals surface area contributed by atoms with Gasteiger partial charge in [-0.1, -0.05) is 0 Å². The molecule has 1 heterocycles. The van der Waals surface area contributed by atoms with Crippen molar-refractivity contribution in [3.63, 3.8) is 0 Å². The van der Waals surface area contributed by atoms with Gasteiger partial charge in [0, 0.05) is 19.7 Å². The van der Waals surface area contributed by atoms with Gasteiger partial charge in [-0.15, -0.1) is 0 Å². The molecule has 1 aliphatic heterocycles. The Morgan fingerprint density at radius 1 is 1.33 bits per heavy atom. The molecule has 0 aromatic heterocycles. The molecular formula is C8H15NO3. The van der Waals surface area contributed by atoms with E-state index in [-0.39, 0.29) is 12.5 Å². The number of likely N-dealkylation sites (tertiary alicyclic amines) is 1. The van der Waals surface area contributed by atoms with Crippen LogP contribution in [0.5, 0.6) is 0 Å². The lowest BCUT2D eigenvalue weighted by molar-refractivity contribution is -0.135. The van der Waals surface area contributed by atoms with Gasteiger partial charge in [-0.2, -0.15) is 0 Å². The Morgan fingerprint density at radius 2 is 1.92 bits per heavy atom. The summed E-state index contributed by atoms with van der Waals surface area (Å²) < 4.78 is 0. The molecule has 1 aliphatic rings. The van der Waals surface area contributed by atoms with E-state index < -0.39 is 6.61 Å². The molecule has 1 rings (SSSR count). The second-order valence-corrected chi connectivity index (χ2v) is 3.16. The summed E-state index contributed by atoms with van der Waals surface area (Å²) in [5.74, 6) is 0.138. The third kappa shape index (κ3) is 2.19. The first-order valence-electron chi connectivity index (χ1n) is 4.27. The molecule has 0 unspecified atom stereocenters. The number of rotatable bonds is 2. The number of carbonyl (C=O) groups is 1. The van der Waals surface area contributed by atoms with Crippen LogP contribution in [0.3, 0.4) is 0 Å². The lowest BCUT2D eigenvalue weighted by atomic mass is 9.98. The van der Waals surface area contributed by atoms with Gasteiger partial charge >= 0.3 is 0 Å². The number of hydrogen-bond acceptors (Lipinski definition) is 3. The second-order valence-electron chi connectivity index (χ2n) is 3.16. The van der Waals surface area contributed by atoms with Crippen molar-refractivity contribution in [2.45, 2.75) is 12.8 Å². The molecule has 0 radical (unpaired) electrons. The summed E-state index contributed by atoms with van der Waals surface area (Å²) in [7, 11) is 0. The summed E-state index contributed by atoms with van der Waals surface area (Å²) in [6.45, 7) is 1.15. The highest BCUT2D eigenvalue weighted by molar-refractivity contribution is 5.77. The molecule has 0 aromatic rings. The number of nitrogens with zero attached hydrogens (tertiary/aromatic N) is 1. The fraction of sp³-hybridized carbons (Fsp3) is 0.875. The maximum absolute atomic E-state index is 11.0. The Hall–Kier alpha value is -0.610. The van der Waals surface area contributed by atoms with E-state index in [1.54, 1.807) is 4.90 Å². The van der Waals surface area contributed by atoms with E-state index in [0.29, 0.717) is 19.0 Å². The zero-order valence-electron chi connectivity index (χ0n) is 7.07. The second kappa shape index (κ2) is 4.42. The van der Waals surface area contributed by atoms with Crippen LogP contribution in [-0.2, 0) is 4.79 Å². The molecular weight excluding hydrogens is 158 g/mol. The first-order valence-corrected chi connectivity index (χ1v) is 4.27. The van der Waals surface area contributed by atoms with Gasteiger partial charge in [-0.3, -0.25) is 4.79 Å². The van der Waals surface area contributed by atoms with Gasteiger partial charge in [-0.25, -0.2) is 0 Å². The Labute approximate surface area is 71.8 Å². The van der Waals surface area contributed by atoms with E-state index in [0.717, 1.165) is 12.8 Å². The van der Waals surface area contributed by atoms with Crippen LogP contribution in [0.25, 0.3) is 0 Å². The van der Waals surface area contributed by atoms with Crippen molar-refractivity contribution in [3.05, 3.63) is 0 Å². The molecule has 0 saturated carbocycles. The van der Waals surface area contributed by atoms with Gasteiger partial charge in [0.15, 0.2) is 0 Å². The lowest BCUT2D eigenvalue weighted by Crippen LogP contribution is -2.40. The average Bonchev–Trinajstić information content (AvgIpc) is 2.17. The number of carbonyl (C=O) groups excluding carboxylic acids is 1. The summed E-state index contributed by atoms with van der Waals surface area (Å²) >= 11 is 0. The number of aliphatic hydroxyl groups is 2. The SMILES string of the molecule is O=C(CO)N1CCC(CO)CC1. The monoisotopic (exact) mass is 173 g/mol. The van der Waals surface area contributed by atoms with Gasteiger partial charge in [0.05, 0.1) is 0 Å². The molecule has 1 saturated heterocycles. The van der Waals surface area contributed by atoms with Crippen LogP contribution in [-0.4, -0.2) is 47.3 Å². The Bertz CT molecular complexity index is 152. The van der Waals surface area contributed by atoms with E-state index in [1.165, 1.54) is 0 Å². The largest absolute Gasteiger partial charge is 0.396 e. The fourth-order valence-electron chi connectivity index (χ4n) is 1.46. The van der Waals surface area contributed by atoms with Gasteiger partial charge < -0.3 is 15.1 Å². The van der Waals surface area contributed by atoms with Gasteiger partial charge in [0.2, 0.25) is 5.91 Å². The molecule has 2 N–H and O–H groups in total. The first kappa shape index (κ1) is 9.48. The summed E-state index contributed by atoms with van der Waals surface area (Å²) in [4.78, 5) is 12.6. The Balaban J connectivity index is 2.30. The topological polar surface area (TPSA) is 60.8 Å². The van der Waals surface area contributed by atoms with Crippen LogP contribution in [0.4, 0.5) is 0 Å². The molecule has 12 heavy (non-hydrogen) atoms. The van der Waals surface area contributed by atoms with Crippen molar-refractivity contribution in [1.29, 1.82) is 0 Å². The zero-order valence-corrected chi connectivity index (χ0v) is 7.07. The highest BCUT2D eigenvalue weighted by atomic mass is 16.3. The van der Waals surface area contributed by atoms with Crippen LogP contribution in [0.15, 0.2) is 0 Å². The molecule has 70 valence electrons. The maximum atomic E-state index is 11.0. The van der Waals surface area contributed by atoms with Gasteiger partial charge in [0.25, 0.3) is 0 Å². The highest BCUT2D eigenvalue weighted by Gasteiger charge is 2.21. The summed E-state index contributed by atoms with van der Waals surface area (Å²) in [5.41, 5.74) is 0. The number of hydrogen-bond donors (Lipinski definition) is 2. The lowest BCUT2D eigenvalue weighted by Gasteiger charge is -2.30. The van der Waals surface area contributed by atoms with E-state index in [4.69, 9.17) is 10.2 Å². The highest BCUT2D eigenvalue weighted by Crippen LogP contribution is 2.15. The molecule has 0 aliphatic carbocycles. The first-order chi connectivity index (χ1) is 5.77. The predicted octanol–water partition coefficient (Wildman–Crippen LogP) is -0.790. The zero-order chi connectivity index (χ0) is 8.97. The number of aliphatic hydroxyl groups excluding tert-OH is 2. The van der Waals surface area contributed by atoms with Crippen LogP contribution >= 0.6 is 0 Å². The van der Waals surface area contributed by atoms with Gasteiger partial charge in [0.1, 0.15) is 6.61 Å². The Kier molecular flexibility index (Phi) is 3.49. The third-order valence-corrected chi connectivity index (χ3v) is 2.36. The third-order valence-electron chi connectivity index (χ3n) is 2.36. The quantitative estimate of drug-likeness (QED) is 0.575. The fourth-order valence-corrected chi connectivity index (χ4v) is 1.46. The minimum atomic E-state index is -0.399. The molecule has 4 heteroatoms. The van der Waals surface area contributed by atoms with Crippen molar-refractivity contribution in [3.8, 4) is 0 Å². The van der Waals surface area contributed by atoms with Crippen LogP contribution in [0, 0.1) is 5.92 Å². The predicted molar refractivity (Wildman–Crippen MR) is 43.5 cm³/mol. The minimum Gasteiger partial charge on any atom is -0.396 e. The minimum absolute atomic E-state index is 0.202.